The van der Waals surface area contributed by atoms with Crippen LogP contribution in [0, 0.1) is 3.57 Å². The van der Waals surface area contributed by atoms with Crippen molar-refractivity contribution in [3.8, 4) is 0 Å². The molecule has 0 fully saturated rings. The van der Waals surface area contributed by atoms with E-state index in [9.17, 15) is 4.79 Å². The monoisotopic (exact) mass is 340 g/mol. The number of rotatable bonds is 3. The fourth-order valence-corrected chi connectivity index (χ4v) is 1.90. The number of nitrogens with one attached hydrogen (secondary N) is 1. The number of pyridine rings is 1. The summed E-state index contributed by atoms with van der Waals surface area (Å²) in [5.74, 6) is -0.994. The van der Waals surface area contributed by atoms with Crippen LogP contribution in [0.2, 0.25) is 0 Å². The molecule has 2 N–H and O–H groups in total. The van der Waals surface area contributed by atoms with Crippen LogP contribution in [0.25, 0.3) is 0 Å². The molecule has 0 radical (unpaired) electrons. The summed E-state index contributed by atoms with van der Waals surface area (Å²) >= 11 is 2.19. The Labute approximate surface area is 112 Å². The molecule has 0 bridgehead atoms. The third-order valence-electron chi connectivity index (χ3n) is 2.19. The second kappa shape index (κ2) is 5.13. The Hall–Kier alpha value is -1.63. The van der Waals surface area contributed by atoms with Crippen LogP contribution in [-0.2, 0) is 0 Å². The predicted octanol–water partition coefficient (Wildman–Crippen LogP) is 3.13. The van der Waals surface area contributed by atoms with E-state index in [1.54, 1.807) is 12.3 Å². The fourth-order valence-electron chi connectivity index (χ4n) is 1.38. The number of aromatic nitrogens is 1. The molecule has 2 aromatic rings. The van der Waals surface area contributed by atoms with E-state index in [1.807, 2.05) is 24.3 Å². The van der Waals surface area contributed by atoms with Gasteiger partial charge in [-0.15, -0.1) is 0 Å². The van der Waals surface area contributed by atoms with Crippen LogP contribution in [0.5, 0.6) is 0 Å². The summed E-state index contributed by atoms with van der Waals surface area (Å²) in [6.45, 7) is 0. The third-order valence-corrected chi connectivity index (χ3v) is 3.14. The van der Waals surface area contributed by atoms with Gasteiger partial charge in [0.1, 0.15) is 5.56 Å². The van der Waals surface area contributed by atoms with Crippen molar-refractivity contribution in [1.82, 2.24) is 4.98 Å². The number of aromatic carboxylic acids is 1. The maximum Gasteiger partial charge on any atom is 0.339 e. The van der Waals surface area contributed by atoms with E-state index in [-0.39, 0.29) is 5.56 Å². The number of para-hydroxylation sites is 1. The summed E-state index contributed by atoms with van der Waals surface area (Å²) in [6.07, 6.45) is 2.89. The summed E-state index contributed by atoms with van der Waals surface area (Å²) < 4.78 is 1.03. The molecule has 1 aromatic heterocycles. The molecule has 0 aliphatic heterocycles. The van der Waals surface area contributed by atoms with E-state index in [0.717, 1.165) is 9.26 Å². The number of halogens is 1. The van der Waals surface area contributed by atoms with E-state index < -0.39 is 5.97 Å². The maximum absolute atomic E-state index is 11.0. The van der Waals surface area contributed by atoms with Gasteiger partial charge in [0.2, 0.25) is 0 Å². The van der Waals surface area contributed by atoms with Gasteiger partial charge in [-0.05, 0) is 40.8 Å². The minimum Gasteiger partial charge on any atom is -0.478 e. The van der Waals surface area contributed by atoms with Gasteiger partial charge >= 0.3 is 5.97 Å². The van der Waals surface area contributed by atoms with Gasteiger partial charge in [-0.2, -0.15) is 0 Å². The number of benzene rings is 1. The van der Waals surface area contributed by atoms with Crippen molar-refractivity contribution in [2.45, 2.75) is 0 Å². The second-order valence-corrected chi connectivity index (χ2v) is 4.49. The average molecular weight is 340 g/mol. The predicted molar refractivity (Wildman–Crippen MR) is 73.6 cm³/mol. The van der Waals surface area contributed by atoms with Crippen molar-refractivity contribution < 1.29 is 9.90 Å². The Balaban J connectivity index is 2.37. The van der Waals surface area contributed by atoms with Gasteiger partial charge in [-0.25, -0.2) is 4.79 Å². The van der Waals surface area contributed by atoms with Crippen LogP contribution in [0.4, 0.5) is 11.4 Å². The summed E-state index contributed by atoms with van der Waals surface area (Å²) in [4.78, 5) is 14.8. The molecule has 0 unspecified atom stereocenters. The molecule has 0 spiro atoms. The van der Waals surface area contributed by atoms with Gasteiger partial charge in [-0.3, -0.25) is 4.98 Å². The first kappa shape index (κ1) is 11.8. The van der Waals surface area contributed by atoms with E-state index in [4.69, 9.17) is 5.11 Å². The van der Waals surface area contributed by atoms with Gasteiger partial charge in [0.15, 0.2) is 0 Å². The van der Waals surface area contributed by atoms with Gasteiger partial charge in [-0.1, -0.05) is 12.1 Å². The molecule has 5 heteroatoms. The summed E-state index contributed by atoms with van der Waals surface area (Å²) in [6, 6.07) is 9.31. The Morgan fingerprint density at radius 1 is 1.24 bits per heavy atom. The Morgan fingerprint density at radius 3 is 2.71 bits per heavy atom. The van der Waals surface area contributed by atoms with Crippen LogP contribution in [0.15, 0.2) is 42.7 Å². The Bertz CT molecular complexity index is 558. The zero-order valence-electron chi connectivity index (χ0n) is 8.72. The first-order chi connectivity index (χ1) is 8.18. The summed E-state index contributed by atoms with van der Waals surface area (Å²) in [5, 5.41) is 12.1. The molecule has 1 heterocycles. The topological polar surface area (TPSA) is 62.2 Å². The molecule has 0 amide bonds. The fraction of sp³-hybridized carbons (Fsp3) is 0. The lowest BCUT2D eigenvalue weighted by Gasteiger charge is -2.10. The second-order valence-electron chi connectivity index (χ2n) is 3.33. The van der Waals surface area contributed by atoms with Crippen LogP contribution in [-0.4, -0.2) is 16.1 Å². The molecule has 0 saturated carbocycles. The first-order valence-electron chi connectivity index (χ1n) is 4.87. The molecule has 0 aliphatic rings. The smallest absolute Gasteiger partial charge is 0.339 e. The standard InChI is InChI=1S/C12H9IN2O2/c13-9-3-1-2-4-11(9)15-10-5-6-14-7-8(10)12(16)17/h1-7H,(H,14,15)(H,16,17). The highest BCUT2D eigenvalue weighted by atomic mass is 127. The molecule has 0 saturated heterocycles. The molecule has 1 aromatic carbocycles. The van der Waals surface area contributed by atoms with Gasteiger partial charge < -0.3 is 10.4 Å². The van der Waals surface area contributed by atoms with Crippen LogP contribution in [0.1, 0.15) is 10.4 Å². The Morgan fingerprint density at radius 2 is 2.00 bits per heavy atom. The van der Waals surface area contributed by atoms with Crippen LogP contribution in [0.3, 0.4) is 0 Å². The van der Waals surface area contributed by atoms with Gasteiger partial charge in [0.25, 0.3) is 0 Å². The van der Waals surface area contributed by atoms with Crippen molar-refractivity contribution in [2.24, 2.45) is 0 Å². The van der Waals surface area contributed by atoms with E-state index in [2.05, 4.69) is 32.9 Å². The maximum atomic E-state index is 11.0. The zero-order chi connectivity index (χ0) is 12.3. The SMILES string of the molecule is O=C(O)c1cnccc1Nc1ccccc1I. The van der Waals surface area contributed by atoms with E-state index in [0.29, 0.717) is 5.69 Å². The minimum atomic E-state index is -0.994. The highest BCUT2D eigenvalue weighted by Crippen LogP contribution is 2.24. The van der Waals surface area contributed by atoms with Crippen molar-refractivity contribution in [2.75, 3.05) is 5.32 Å². The number of hydrogen-bond donors (Lipinski definition) is 2. The molecule has 0 aliphatic carbocycles. The lowest BCUT2D eigenvalue weighted by Crippen LogP contribution is -2.03. The number of carbonyl (C=O) groups is 1. The number of carboxylic acid groups (broad SMARTS) is 1. The van der Waals surface area contributed by atoms with Crippen molar-refractivity contribution >= 4 is 39.9 Å². The molecular weight excluding hydrogens is 331 g/mol. The minimum absolute atomic E-state index is 0.159. The number of anilines is 2. The summed E-state index contributed by atoms with van der Waals surface area (Å²) in [7, 11) is 0. The molecule has 4 nitrogen and oxygen atoms in total. The van der Waals surface area contributed by atoms with Crippen molar-refractivity contribution in [3.05, 3.63) is 51.9 Å². The average Bonchev–Trinajstić information content (AvgIpc) is 2.32. The quantitative estimate of drug-likeness (QED) is 0.843. The lowest BCUT2D eigenvalue weighted by molar-refractivity contribution is 0.0697. The lowest BCUT2D eigenvalue weighted by atomic mass is 10.2. The molecule has 86 valence electrons. The van der Waals surface area contributed by atoms with Crippen LogP contribution < -0.4 is 5.32 Å². The van der Waals surface area contributed by atoms with E-state index in [1.165, 1.54) is 6.20 Å². The van der Waals surface area contributed by atoms with E-state index >= 15 is 0 Å². The Kier molecular flexibility index (Phi) is 3.58. The number of carboxylic acids is 1. The zero-order valence-corrected chi connectivity index (χ0v) is 10.9. The normalized spacial score (nSPS) is 9.94. The summed E-state index contributed by atoms with van der Waals surface area (Å²) in [5.41, 5.74) is 1.57. The van der Waals surface area contributed by atoms with Gasteiger partial charge in [0, 0.05) is 16.0 Å². The first-order valence-corrected chi connectivity index (χ1v) is 5.95. The van der Waals surface area contributed by atoms with Crippen LogP contribution >= 0.6 is 22.6 Å². The largest absolute Gasteiger partial charge is 0.478 e. The molecule has 0 atom stereocenters. The van der Waals surface area contributed by atoms with Crippen molar-refractivity contribution in [3.63, 3.8) is 0 Å². The van der Waals surface area contributed by atoms with Crippen molar-refractivity contribution in [1.29, 1.82) is 0 Å². The molecule has 2 rings (SSSR count). The number of nitrogens with zero attached hydrogens (tertiary/aromatic N) is 1. The molecule has 17 heavy (non-hydrogen) atoms. The highest BCUT2D eigenvalue weighted by molar-refractivity contribution is 14.1. The molecular formula is C12H9IN2O2. The highest BCUT2D eigenvalue weighted by Gasteiger charge is 2.10. The van der Waals surface area contributed by atoms with Gasteiger partial charge in [0.05, 0.1) is 11.4 Å². The number of hydrogen-bond acceptors (Lipinski definition) is 3. The third kappa shape index (κ3) is 2.73.